The maximum absolute atomic E-state index is 12.3. The number of nitrogens with zero attached hydrogens (tertiary/aromatic N) is 1. The first kappa shape index (κ1) is 15.5. The third kappa shape index (κ3) is 3.06. The summed E-state index contributed by atoms with van der Waals surface area (Å²) in [5, 5.41) is 9.85. The molecule has 1 unspecified atom stereocenters. The Morgan fingerprint density at radius 2 is 2.05 bits per heavy atom. The highest BCUT2D eigenvalue weighted by atomic mass is 16.6. The van der Waals surface area contributed by atoms with Gasteiger partial charge < -0.3 is 19.5 Å². The molecule has 5 heteroatoms. The number of ether oxygens (including phenoxy) is 2. The number of hydrogen-bond donors (Lipinski definition) is 1. The van der Waals surface area contributed by atoms with E-state index < -0.39 is 5.60 Å². The van der Waals surface area contributed by atoms with Gasteiger partial charge in [0, 0.05) is 12.1 Å². The van der Waals surface area contributed by atoms with Crippen LogP contribution in [0.2, 0.25) is 0 Å². The van der Waals surface area contributed by atoms with Crippen LogP contribution >= 0.6 is 0 Å². The molecular weight excluding hydrogens is 270 g/mol. The maximum atomic E-state index is 12.3. The molecule has 0 saturated heterocycles. The van der Waals surface area contributed by atoms with Gasteiger partial charge in [-0.2, -0.15) is 0 Å². The van der Waals surface area contributed by atoms with Crippen molar-refractivity contribution in [2.24, 2.45) is 0 Å². The molecule has 1 amide bonds. The van der Waals surface area contributed by atoms with E-state index in [4.69, 9.17) is 9.47 Å². The van der Waals surface area contributed by atoms with Gasteiger partial charge in [0.05, 0.1) is 13.2 Å². The third-order valence-electron chi connectivity index (χ3n) is 3.63. The van der Waals surface area contributed by atoms with Crippen LogP contribution in [-0.2, 0) is 11.2 Å². The average molecular weight is 293 g/mol. The van der Waals surface area contributed by atoms with E-state index in [1.165, 1.54) is 0 Å². The summed E-state index contributed by atoms with van der Waals surface area (Å²) in [4.78, 5) is 14.0. The summed E-state index contributed by atoms with van der Waals surface area (Å²) in [6.45, 7) is 8.07. The van der Waals surface area contributed by atoms with Crippen LogP contribution in [0, 0.1) is 0 Å². The van der Waals surface area contributed by atoms with Crippen molar-refractivity contribution in [2.75, 3.05) is 13.7 Å². The highest BCUT2D eigenvalue weighted by molar-refractivity contribution is 5.70. The molecule has 1 aromatic carbocycles. The molecule has 21 heavy (non-hydrogen) atoms. The Morgan fingerprint density at radius 3 is 2.62 bits per heavy atom. The van der Waals surface area contributed by atoms with Gasteiger partial charge in [-0.05, 0) is 45.7 Å². The van der Waals surface area contributed by atoms with Crippen molar-refractivity contribution < 1.29 is 19.4 Å². The van der Waals surface area contributed by atoms with Gasteiger partial charge >= 0.3 is 6.09 Å². The lowest BCUT2D eigenvalue weighted by Crippen LogP contribution is -2.42. The fraction of sp³-hybridized carbons (Fsp3) is 0.562. The van der Waals surface area contributed by atoms with Crippen LogP contribution in [-0.4, -0.2) is 35.4 Å². The minimum absolute atomic E-state index is 0.113. The normalized spacial score (nSPS) is 18.1. The Kier molecular flexibility index (Phi) is 4.03. The molecule has 2 rings (SSSR count). The molecule has 1 N–H and O–H groups in total. The summed E-state index contributed by atoms with van der Waals surface area (Å²) < 4.78 is 10.7. The number of rotatable bonds is 1. The lowest BCUT2D eigenvalue weighted by atomic mass is 9.92. The predicted molar refractivity (Wildman–Crippen MR) is 79.7 cm³/mol. The average Bonchev–Trinajstić information content (AvgIpc) is 2.36. The van der Waals surface area contributed by atoms with Gasteiger partial charge in [0.1, 0.15) is 5.60 Å². The summed E-state index contributed by atoms with van der Waals surface area (Å²) in [6.07, 6.45) is 0.323. The van der Waals surface area contributed by atoms with Gasteiger partial charge in [-0.3, -0.25) is 0 Å². The summed E-state index contributed by atoms with van der Waals surface area (Å²) in [7, 11) is 1.54. The maximum Gasteiger partial charge on any atom is 0.410 e. The van der Waals surface area contributed by atoms with Crippen molar-refractivity contribution in [3.63, 3.8) is 0 Å². The van der Waals surface area contributed by atoms with Crippen molar-refractivity contribution in [3.8, 4) is 11.5 Å². The molecule has 0 aromatic heterocycles. The lowest BCUT2D eigenvalue weighted by Gasteiger charge is -2.36. The molecule has 1 aliphatic heterocycles. The number of phenols is 1. The number of phenolic OH excluding ortho intramolecular Hbond substituents is 1. The molecular formula is C16H23NO4. The number of amides is 1. The van der Waals surface area contributed by atoms with Crippen LogP contribution in [0.25, 0.3) is 0 Å². The quantitative estimate of drug-likeness (QED) is 0.863. The number of aromatic hydroxyl groups is 1. The largest absolute Gasteiger partial charge is 0.504 e. The lowest BCUT2D eigenvalue weighted by molar-refractivity contribution is 0.0158. The van der Waals surface area contributed by atoms with Crippen LogP contribution in [0.1, 0.15) is 44.9 Å². The number of carbonyl (C=O) groups is 1. The smallest absolute Gasteiger partial charge is 0.410 e. The first-order chi connectivity index (χ1) is 9.74. The summed E-state index contributed by atoms with van der Waals surface area (Å²) in [6, 6.07) is 3.33. The molecule has 0 fully saturated rings. The highest BCUT2D eigenvalue weighted by Gasteiger charge is 2.32. The fourth-order valence-electron chi connectivity index (χ4n) is 2.67. The van der Waals surface area contributed by atoms with Crippen molar-refractivity contribution in [2.45, 2.75) is 45.8 Å². The molecule has 1 atom stereocenters. The van der Waals surface area contributed by atoms with E-state index in [9.17, 15) is 9.90 Å². The molecule has 1 heterocycles. The monoisotopic (exact) mass is 293 g/mol. The molecule has 0 bridgehead atoms. The van der Waals surface area contributed by atoms with E-state index in [0.29, 0.717) is 18.7 Å². The van der Waals surface area contributed by atoms with E-state index in [1.54, 1.807) is 18.1 Å². The Morgan fingerprint density at radius 1 is 1.38 bits per heavy atom. The van der Waals surface area contributed by atoms with Gasteiger partial charge in [0.15, 0.2) is 11.5 Å². The highest BCUT2D eigenvalue weighted by Crippen LogP contribution is 2.40. The first-order valence-electron chi connectivity index (χ1n) is 7.13. The van der Waals surface area contributed by atoms with Crippen molar-refractivity contribution in [3.05, 3.63) is 23.3 Å². The first-order valence-corrected chi connectivity index (χ1v) is 7.13. The minimum Gasteiger partial charge on any atom is -0.504 e. The van der Waals surface area contributed by atoms with Crippen LogP contribution in [0.3, 0.4) is 0 Å². The van der Waals surface area contributed by atoms with E-state index in [0.717, 1.165) is 11.1 Å². The zero-order valence-corrected chi connectivity index (χ0v) is 13.3. The second kappa shape index (κ2) is 5.47. The van der Waals surface area contributed by atoms with Crippen molar-refractivity contribution in [1.29, 1.82) is 0 Å². The Labute approximate surface area is 125 Å². The number of fused-ring (bicyclic) bond motifs is 1. The zero-order chi connectivity index (χ0) is 15.8. The standard InChI is InChI=1S/C16H23NO4/c1-10-11-6-7-13(18)14(20-5)12(11)8-9-17(10)15(19)21-16(2,3)4/h6-7,10,18H,8-9H2,1-5H3. The van der Waals surface area contributed by atoms with Gasteiger partial charge in [0.2, 0.25) is 0 Å². The van der Waals surface area contributed by atoms with Crippen molar-refractivity contribution in [1.82, 2.24) is 4.90 Å². The van der Waals surface area contributed by atoms with Crippen LogP contribution < -0.4 is 4.74 Å². The van der Waals surface area contributed by atoms with E-state index in [1.807, 2.05) is 33.8 Å². The number of carbonyl (C=O) groups excluding carboxylic acids is 1. The van der Waals surface area contributed by atoms with E-state index >= 15 is 0 Å². The molecule has 0 aliphatic carbocycles. The summed E-state index contributed by atoms with van der Waals surface area (Å²) in [5.74, 6) is 0.636. The van der Waals surface area contributed by atoms with Gasteiger partial charge in [0.25, 0.3) is 0 Å². The number of benzene rings is 1. The van der Waals surface area contributed by atoms with Gasteiger partial charge in [-0.15, -0.1) is 0 Å². The third-order valence-corrected chi connectivity index (χ3v) is 3.63. The SMILES string of the molecule is COc1c(O)ccc2c1CCN(C(=O)OC(C)(C)C)C2C. The number of hydrogen-bond acceptors (Lipinski definition) is 4. The van der Waals surface area contributed by atoms with Gasteiger partial charge in [-0.25, -0.2) is 4.79 Å². The second-order valence-corrected chi connectivity index (χ2v) is 6.29. The Hall–Kier alpha value is -1.91. The molecule has 0 spiro atoms. The Bertz CT molecular complexity index is 548. The molecule has 116 valence electrons. The van der Waals surface area contributed by atoms with Crippen LogP contribution in [0.15, 0.2) is 12.1 Å². The molecule has 5 nitrogen and oxygen atoms in total. The van der Waals surface area contributed by atoms with E-state index in [-0.39, 0.29) is 17.9 Å². The zero-order valence-electron chi connectivity index (χ0n) is 13.3. The van der Waals surface area contributed by atoms with Crippen LogP contribution in [0.4, 0.5) is 4.79 Å². The summed E-state index contributed by atoms with van der Waals surface area (Å²) in [5.41, 5.74) is 1.44. The predicted octanol–water partition coefficient (Wildman–Crippen LogP) is 3.26. The topological polar surface area (TPSA) is 59.0 Å². The number of methoxy groups -OCH3 is 1. The second-order valence-electron chi connectivity index (χ2n) is 6.29. The van der Waals surface area contributed by atoms with Crippen LogP contribution in [0.5, 0.6) is 11.5 Å². The Balaban J connectivity index is 2.29. The molecule has 1 aromatic rings. The minimum atomic E-state index is -0.510. The fourth-order valence-corrected chi connectivity index (χ4v) is 2.67. The van der Waals surface area contributed by atoms with Crippen molar-refractivity contribution >= 4 is 6.09 Å². The molecule has 0 radical (unpaired) electrons. The molecule has 1 aliphatic rings. The molecule has 0 saturated carbocycles. The summed E-state index contributed by atoms with van der Waals surface area (Å²) >= 11 is 0. The van der Waals surface area contributed by atoms with E-state index in [2.05, 4.69) is 0 Å². The van der Waals surface area contributed by atoms with Gasteiger partial charge in [-0.1, -0.05) is 6.07 Å².